The average Bonchev–Trinajstić information content (AvgIpc) is 3.17. The van der Waals surface area contributed by atoms with Crippen LogP contribution >= 0.6 is 0 Å². The van der Waals surface area contributed by atoms with Crippen LogP contribution in [0.4, 0.5) is 0 Å². The van der Waals surface area contributed by atoms with Crippen molar-refractivity contribution in [3.05, 3.63) is 96.2 Å². The highest BCUT2D eigenvalue weighted by Gasteiger charge is 2.48. The van der Waals surface area contributed by atoms with E-state index in [1.165, 1.54) is 27.4 Å². The molecule has 3 nitrogen and oxygen atoms in total. The first-order chi connectivity index (χ1) is 15.3. The van der Waals surface area contributed by atoms with E-state index in [1.54, 1.807) is 0 Å². The Morgan fingerprint density at radius 3 is 2.29 bits per heavy atom. The highest BCUT2D eigenvalue weighted by molar-refractivity contribution is 6.12. The molecule has 4 aromatic heterocycles. The van der Waals surface area contributed by atoms with E-state index in [0.29, 0.717) is 0 Å². The summed E-state index contributed by atoms with van der Waals surface area (Å²) in [5.74, 6) is 0. The predicted molar refractivity (Wildman–Crippen MR) is 125 cm³/mol. The number of benzene rings is 4. The molecule has 31 heavy (non-hydrogen) atoms. The van der Waals surface area contributed by atoms with E-state index in [2.05, 4.69) is 89.3 Å². The minimum absolute atomic E-state index is 0.0491. The van der Waals surface area contributed by atoms with Crippen LogP contribution < -0.4 is 0 Å². The maximum atomic E-state index is 5.93. The van der Waals surface area contributed by atoms with Crippen LogP contribution in [0.15, 0.2) is 89.3 Å². The number of imidazole rings is 1. The van der Waals surface area contributed by atoms with Crippen molar-refractivity contribution in [2.24, 2.45) is 0 Å². The highest BCUT2D eigenvalue weighted by Crippen LogP contribution is 2.54. The van der Waals surface area contributed by atoms with Gasteiger partial charge < -0.3 is 4.42 Å². The first-order valence-corrected chi connectivity index (χ1v) is 10.9. The summed E-state index contributed by atoms with van der Waals surface area (Å²) in [6, 6.07) is 30.6. The van der Waals surface area contributed by atoms with Gasteiger partial charge in [-0.1, -0.05) is 54.6 Å². The average molecular weight is 398 g/mol. The van der Waals surface area contributed by atoms with Gasteiger partial charge in [0.15, 0.2) is 0 Å². The molecule has 0 unspecified atom stereocenters. The summed E-state index contributed by atoms with van der Waals surface area (Å²) in [6.07, 6.45) is 2.33. The van der Waals surface area contributed by atoms with Gasteiger partial charge in [0.05, 0.1) is 11.0 Å². The second-order valence-corrected chi connectivity index (χ2v) is 8.89. The first kappa shape index (κ1) is 15.9. The molecule has 3 aromatic carbocycles. The Labute approximate surface area is 177 Å². The Morgan fingerprint density at radius 2 is 1.48 bits per heavy atom. The molecule has 1 fully saturated rings. The van der Waals surface area contributed by atoms with Crippen LogP contribution in [-0.2, 0) is 5.41 Å². The van der Waals surface area contributed by atoms with Crippen LogP contribution in [0.1, 0.15) is 24.1 Å². The Kier molecular flexibility index (Phi) is 2.69. The summed E-state index contributed by atoms with van der Waals surface area (Å²) in [5.41, 5.74) is 7.91. The van der Waals surface area contributed by atoms with Gasteiger partial charge in [-0.25, -0.2) is 4.98 Å². The number of fused-ring (bicyclic) bond motifs is 10. The summed E-state index contributed by atoms with van der Waals surface area (Å²) < 4.78 is 8.35. The van der Waals surface area contributed by atoms with Crippen molar-refractivity contribution in [2.45, 2.75) is 18.3 Å². The highest BCUT2D eigenvalue weighted by atomic mass is 16.3. The molecule has 0 amide bonds. The van der Waals surface area contributed by atoms with Gasteiger partial charge in [-0.2, -0.15) is 0 Å². The molecule has 7 aromatic rings. The van der Waals surface area contributed by atoms with E-state index in [4.69, 9.17) is 9.40 Å². The van der Waals surface area contributed by atoms with Crippen molar-refractivity contribution in [2.75, 3.05) is 0 Å². The lowest BCUT2D eigenvalue weighted by Gasteiger charge is -2.20. The van der Waals surface area contributed by atoms with Crippen molar-refractivity contribution >= 4 is 49.4 Å². The molecule has 8 rings (SSSR count). The first-order valence-electron chi connectivity index (χ1n) is 10.9. The molecule has 0 spiro atoms. The monoisotopic (exact) mass is 398 g/mol. The zero-order valence-electron chi connectivity index (χ0n) is 16.8. The van der Waals surface area contributed by atoms with Crippen LogP contribution in [0.3, 0.4) is 0 Å². The predicted octanol–water partition coefficient (Wildman–Crippen LogP) is 7.06. The van der Waals surface area contributed by atoms with Gasteiger partial charge in [0.2, 0.25) is 0 Å². The minimum Gasteiger partial charge on any atom is -0.456 e. The molecule has 2 bridgehead atoms. The second kappa shape index (κ2) is 5.25. The number of nitrogens with zero attached hydrogens (tertiary/aromatic N) is 2. The molecule has 1 saturated carbocycles. The lowest BCUT2D eigenvalue weighted by Crippen LogP contribution is -2.14. The largest absolute Gasteiger partial charge is 0.456 e. The van der Waals surface area contributed by atoms with Gasteiger partial charge in [0.25, 0.3) is 0 Å². The normalized spacial score (nSPS) is 15.7. The van der Waals surface area contributed by atoms with Crippen LogP contribution in [-0.4, -0.2) is 9.38 Å². The zero-order valence-corrected chi connectivity index (χ0v) is 16.8. The summed E-state index contributed by atoms with van der Waals surface area (Å²) in [4.78, 5) is 5.16. The lowest BCUT2D eigenvalue weighted by molar-refractivity contribution is 0.679. The number of rotatable bonds is 2. The molecule has 3 heteroatoms. The van der Waals surface area contributed by atoms with E-state index in [-0.39, 0.29) is 5.41 Å². The molecule has 146 valence electrons. The summed E-state index contributed by atoms with van der Waals surface area (Å²) in [7, 11) is 0. The molecule has 4 heterocycles. The van der Waals surface area contributed by atoms with Gasteiger partial charge in [-0.15, -0.1) is 0 Å². The van der Waals surface area contributed by atoms with E-state index < -0.39 is 0 Å². The molecule has 0 radical (unpaired) electrons. The van der Waals surface area contributed by atoms with Gasteiger partial charge in [0, 0.05) is 27.3 Å². The lowest BCUT2D eigenvalue weighted by atomic mass is 9.90. The van der Waals surface area contributed by atoms with Gasteiger partial charge in [-0.3, -0.25) is 4.40 Å². The fourth-order valence-corrected chi connectivity index (χ4v) is 5.55. The quantitative estimate of drug-likeness (QED) is 0.312. The number of hydrogen-bond donors (Lipinski definition) is 0. The van der Waals surface area contributed by atoms with Crippen molar-refractivity contribution in [3.63, 3.8) is 0 Å². The van der Waals surface area contributed by atoms with Crippen LogP contribution in [0.2, 0.25) is 0 Å². The molecule has 1 aliphatic rings. The van der Waals surface area contributed by atoms with Crippen molar-refractivity contribution in [3.8, 4) is 0 Å². The zero-order chi connectivity index (χ0) is 20.2. The Bertz CT molecular complexity index is 1780. The SMILES string of the molecule is c1ccc(C2(c3cc4ccccc4c4nc5cc6c7ccc(o7)c6cc5n34)CC2)cc1. The molecule has 1 aliphatic carbocycles. The fraction of sp³-hybridized carbons (Fsp3) is 0.107. The fourth-order valence-electron chi connectivity index (χ4n) is 5.55. The Hall–Kier alpha value is -3.85. The standard InChI is InChI=1S/C28H18N2O/c1-2-7-18(8-3-1)28(12-13-28)26-14-17-6-4-5-9-19(17)27-29-22-15-20-21(16-23(22)30(26)27)25-11-10-24(20)31-25/h1-11,14-16H,12-13H2. The van der Waals surface area contributed by atoms with E-state index in [0.717, 1.165) is 46.1 Å². The minimum atomic E-state index is 0.0491. The second-order valence-electron chi connectivity index (χ2n) is 8.89. The third-order valence-corrected chi connectivity index (χ3v) is 7.23. The van der Waals surface area contributed by atoms with Gasteiger partial charge in [0.1, 0.15) is 16.8 Å². The topological polar surface area (TPSA) is 30.4 Å². The third-order valence-electron chi connectivity index (χ3n) is 7.23. The van der Waals surface area contributed by atoms with Crippen LogP contribution in [0.5, 0.6) is 0 Å². The molecular formula is C28H18N2O. The van der Waals surface area contributed by atoms with E-state index in [1.807, 2.05) is 0 Å². The molecule has 0 N–H and O–H groups in total. The van der Waals surface area contributed by atoms with Crippen molar-refractivity contribution in [1.29, 1.82) is 0 Å². The summed E-state index contributed by atoms with van der Waals surface area (Å²) >= 11 is 0. The van der Waals surface area contributed by atoms with Crippen molar-refractivity contribution < 1.29 is 4.42 Å². The number of furan rings is 2. The summed E-state index contributed by atoms with van der Waals surface area (Å²) in [5, 5.41) is 4.78. The Morgan fingerprint density at radius 1 is 0.742 bits per heavy atom. The van der Waals surface area contributed by atoms with Crippen molar-refractivity contribution in [1.82, 2.24) is 9.38 Å². The summed E-state index contributed by atoms with van der Waals surface area (Å²) in [6.45, 7) is 0. The maximum absolute atomic E-state index is 5.93. The van der Waals surface area contributed by atoms with Gasteiger partial charge >= 0.3 is 0 Å². The number of hydrogen-bond acceptors (Lipinski definition) is 2. The molecule has 0 aliphatic heterocycles. The maximum Gasteiger partial charge on any atom is 0.146 e. The van der Waals surface area contributed by atoms with Crippen LogP contribution in [0.25, 0.3) is 49.4 Å². The van der Waals surface area contributed by atoms with E-state index >= 15 is 0 Å². The van der Waals surface area contributed by atoms with Crippen LogP contribution in [0, 0.1) is 0 Å². The number of aromatic nitrogens is 2. The van der Waals surface area contributed by atoms with Gasteiger partial charge in [-0.05, 0) is 54.1 Å². The molecule has 0 atom stereocenters. The molecule has 0 saturated heterocycles. The third kappa shape index (κ3) is 1.92. The van der Waals surface area contributed by atoms with E-state index in [9.17, 15) is 0 Å². The molecular weight excluding hydrogens is 380 g/mol. The number of pyridine rings is 1. The Balaban J connectivity index is 1.58. The smallest absolute Gasteiger partial charge is 0.146 e.